The Hall–Kier alpha value is -2.31. The predicted octanol–water partition coefficient (Wildman–Crippen LogP) is 3.11. The highest BCUT2D eigenvalue weighted by Crippen LogP contribution is 2.34. The van der Waals surface area contributed by atoms with E-state index in [1.165, 1.54) is 0 Å². The van der Waals surface area contributed by atoms with E-state index in [1.807, 2.05) is 73.6 Å². The Kier molecular flexibility index (Phi) is 7.12. The molecule has 0 atom stereocenters. The van der Waals surface area contributed by atoms with E-state index in [2.05, 4.69) is 4.90 Å². The van der Waals surface area contributed by atoms with Gasteiger partial charge in [0.2, 0.25) is 11.8 Å². The molecule has 0 bridgehead atoms. The zero-order valence-electron chi connectivity index (χ0n) is 16.5. The van der Waals surface area contributed by atoms with Crippen LogP contribution in [0.25, 0.3) is 0 Å². The van der Waals surface area contributed by atoms with Crippen molar-refractivity contribution < 1.29 is 9.59 Å². The average molecular weight is 398 g/mol. The zero-order valence-corrected chi connectivity index (χ0v) is 17.3. The van der Waals surface area contributed by atoms with Crippen molar-refractivity contribution in [2.24, 2.45) is 0 Å². The number of carbonyl (C=O) groups excluding carboxylic acids is 2. The van der Waals surface area contributed by atoms with E-state index in [9.17, 15) is 9.59 Å². The van der Waals surface area contributed by atoms with E-state index in [0.717, 1.165) is 22.7 Å². The maximum atomic E-state index is 13.0. The molecule has 1 aliphatic heterocycles. The first kappa shape index (κ1) is 20.4. The van der Waals surface area contributed by atoms with E-state index in [4.69, 9.17) is 0 Å². The molecule has 1 heterocycles. The van der Waals surface area contributed by atoms with Gasteiger partial charge < -0.3 is 14.7 Å². The van der Waals surface area contributed by atoms with Gasteiger partial charge >= 0.3 is 0 Å². The van der Waals surface area contributed by atoms with Crippen LogP contribution < -0.4 is 4.90 Å². The summed E-state index contributed by atoms with van der Waals surface area (Å²) in [6, 6.07) is 17.9. The van der Waals surface area contributed by atoms with Crippen LogP contribution in [0.15, 0.2) is 59.5 Å². The van der Waals surface area contributed by atoms with Crippen LogP contribution in [0.3, 0.4) is 0 Å². The standard InChI is InChI=1S/C22H27N3O2S/c1-23(2)14-15-24(16-18-8-4-3-5-9-18)21(26)12-13-25-19-10-6-7-11-20(19)28-17-22(25)27/h3-11H,12-17H2,1-2H3. The first-order valence-electron chi connectivity index (χ1n) is 9.53. The minimum Gasteiger partial charge on any atom is -0.337 e. The van der Waals surface area contributed by atoms with Gasteiger partial charge in [-0.25, -0.2) is 0 Å². The van der Waals surface area contributed by atoms with Gasteiger partial charge in [0.25, 0.3) is 0 Å². The van der Waals surface area contributed by atoms with Crippen LogP contribution in [0.5, 0.6) is 0 Å². The van der Waals surface area contributed by atoms with Crippen molar-refractivity contribution in [1.82, 2.24) is 9.80 Å². The summed E-state index contributed by atoms with van der Waals surface area (Å²) in [6.45, 7) is 2.48. The van der Waals surface area contributed by atoms with E-state index >= 15 is 0 Å². The molecule has 0 saturated carbocycles. The van der Waals surface area contributed by atoms with Gasteiger partial charge in [0.15, 0.2) is 0 Å². The third-order valence-electron chi connectivity index (χ3n) is 4.74. The second-order valence-corrected chi connectivity index (χ2v) is 8.17. The fraction of sp³-hybridized carbons (Fsp3) is 0.364. The molecule has 0 N–H and O–H groups in total. The van der Waals surface area contributed by atoms with E-state index in [1.54, 1.807) is 16.7 Å². The third-order valence-corrected chi connectivity index (χ3v) is 5.79. The van der Waals surface area contributed by atoms with Gasteiger partial charge in [-0.15, -0.1) is 11.8 Å². The molecule has 2 aromatic rings. The number of hydrogen-bond donors (Lipinski definition) is 0. The summed E-state index contributed by atoms with van der Waals surface area (Å²) in [4.78, 5) is 32.2. The second-order valence-electron chi connectivity index (χ2n) is 7.16. The number of nitrogens with zero attached hydrogens (tertiary/aromatic N) is 3. The Bertz CT molecular complexity index is 810. The van der Waals surface area contributed by atoms with Crippen molar-refractivity contribution >= 4 is 29.3 Å². The number of rotatable bonds is 8. The van der Waals surface area contributed by atoms with Gasteiger partial charge in [-0.1, -0.05) is 42.5 Å². The molecule has 6 heteroatoms. The van der Waals surface area contributed by atoms with Crippen molar-refractivity contribution in [2.45, 2.75) is 17.9 Å². The van der Waals surface area contributed by atoms with Crippen LogP contribution in [-0.2, 0) is 16.1 Å². The quantitative estimate of drug-likeness (QED) is 0.687. The molecule has 148 valence electrons. The number of hydrogen-bond acceptors (Lipinski definition) is 4. The molecule has 28 heavy (non-hydrogen) atoms. The van der Waals surface area contributed by atoms with E-state index < -0.39 is 0 Å². The van der Waals surface area contributed by atoms with Gasteiger partial charge in [-0.2, -0.15) is 0 Å². The maximum absolute atomic E-state index is 13.0. The highest BCUT2D eigenvalue weighted by Gasteiger charge is 2.25. The Morgan fingerprint density at radius 3 is 2.50 bits per heavy atom. The van der Waals surface area contributed by atoms with Gasteiger partial charge in [-0.05, 0) is 31.8 Å². The van der Waals surface area contributed by atoms with Crippen LogP contribution in [0.1, 0.15) is 12.0 Å². The summed E-state index contributed by atoms with van der Waals surface area (Å²) in [7, 11) is 4.01. The Morgan fingerprint density at radius 1 is 1.04 bits per heavy atom. The zero-order chi connectivity index (χ0) is 19.9. The molecule has 3 rings (SSSR count). The number of amides is 2. The summed E-state index contributed by atoms with van der Waals surface area (Å²) >= 11 is 1.56. The summed E-state index contributed by atoms with van der Waals surface area (Å²) in [6.07, 6.45) is 0.324. The lowest BCUT2D eigenvalue weighted by molar-refractivity contribution is -0.131. The highest BCUT2D eigenvalue weighted by molar-refractivity contribution is 8.00. The molecule has 0 unspecified atom stereocenters. The van der Waals surface area contributed by atoms with Gasteiger partial charge in [0.05, 0.1) is 11.4 Å². The SMILES string of the molecule is CN(C)CCN(Cc1ccccc1)C(=O)CCN1C(=O)CSc2ccccc21. The number of likely N-dealkylation sites (N-methyl/N-ethyl adjacent to an activating group) is 1. The number of anilines is 1. The first-order valence-corrected chi connectivity index (χ1v) is 10.5. The minimum absolute atomic E-state index is 0.0689. The Labute approximate surface area is 171 Å². The largest absolute Gasteiger partial charge is 0.337 e. The molecular weight excluding hydrogens is 370 g/mol. The van der Waals surface area contributed by atoms with Gasteiger partial charge in [0, 0.05) is 37.5 Å². The molecule has 0 aromatic heterocycles. The van der Waals surface area contributed by atoms with Crippen LogP contribution in [-0.4, -0.2) is 61.1 Å². The van der Waals surface area contributed by atoms with Crippen LogP contribution in [0.4, 0.5) is 5.69 Å². The van der Waals surface area contributed by atoms with Crippen LogP contribution >= 0.6 is 11.8 Å². The molecular formula is C22H27N3O2S. The molecule has 5 nitrogen and oxygen atoms in total. The number of carbonyl (C=O) groups is 2. The van der Waals surface area contributed by atoms with E-state index in [-0.39, 0.29) is 11.8 Å². The highest BCUT2D eigenvalue weighted by atomic mass is 32.2. The fourth-order valence-electron chi connectivity index (χ4n) is 3.18. The molecule has 2 amide bonds. The second kappa shape index (κ2) is 9.75. The number of para-hydroxylation sites is 1. The van der Waals surface area contributed by atoms with E-state index in [0.29, 0.717) is 31.8 Å². The number of thioether (sulfide) groups is 1. The smallest absolute Gasteiger partial charge is 0.237 e. The normalized spacial score (nSPS) is 13.5. The molecule has 1 aliphatic rings. The van der Waals surface area contributed by atoms with Crippen molar-refractivity contribution in [2.75, 3.05) is 44.4 Å². The maximum Gasteiger partial charge on any atom is 0.237 e. The summed E-state index contributed by atoms with van der Waals surface area (Å²) < 4.78 is 0. The van der Waals surface area contributed by atoms with Crippen molar-refractivity contribution in [1.29, 1.82) is 0 Å². The van der Waals surface area contributed by atoms with Crippen molar-refractivity contribution in [3.8, 4) is 0 Å². The van der Waals surface area contributed by atoms with Crippen LogP contribution in [0, 0.1) is 0 Å². The third kappa shape index (κ3) is 5.36. The lowest BCUT2D eigenvalue weighted by Crippen LogP contribution is -2.41. The monoisotopic (exact) mass is 397 g/mol. The summed E-state index contributed by atoms with van der Waals surface area (Å²) in [5, 5.41) is 0. The molecule has 0 aliphatic carbocycles. The number of fused-ring (bicyclic) bond motifs is 1. The molecule has 2 aromatic carbocycles. The van der Waals surface area contributed by atoms with Crippen molar-refractivity contribution in [3.05, 3.63) is 60.2 Å². The molecule has 0 radical (unpaired) electrons. The first-order chi connectivity index (χ1) is 13.5. The molecule has 0 saturated heterocycles. The van der Waals surface area contributed by atoms with Gasteiger partial charge in [-0.3, -0.25) is 9.59 Å². The minimum atomic E-state index is 0.0689. The van der Waals surface area contributed by atoms with Crippen LogP contribution in [0.2, 0.25) is 0 Å². The molecule has 0 fully saturated rings. The fourth-order valence-corrected chi connectivity index (χ4v) is 4.12. The summed E-state index contributed by atoms with van der Waals surface area (Å²) in [5.41, 5.74) is 2.03. The summed E-state index contributed by atoms with van der Waals surface area (Å²) in [5.74, 6) is 0.577. The average Bonchev–Trinajstić information content (AvgIpc) is 2.70. The van der Waals surface area contributed by atoms with Crippen molar-refractivity contribution in [3.63, 3.8) is 0 Å². The predicted molar refractivity (Wildman–Crippen MR) is 115 cm³/mol. The topological polar surface area (TPSA) is 43.9 Å². The Morgan fingerprint density at radius 2 is 1.75 bits per heavy atom. The number of benzene rings is 2. The molecule has 0 spiro atoms. The lowest BCUT2D eigenvalue weighted by atomic mass is 10.2. The lowest BCUT2D eigenvalue weighted by Gasteiger charge is -2.30. The van der Waals surface area contributed by atoms with Gasteiger partial charge in [0.1, 0.15) is 0 Å². The Balaban J connectivity index is 1.67.